The molecule has 0 aliphatic carbocycles. The Morgan fingerprint density at radius 3 is 2.50 bits per heavy atom. The number of nitrogen functional groups attached to an aromatic ring is 1. The van der Waals surface area contributed by atoms with E-state index >= 15 is 0 Å². The number of nitrogens with one attached hydrogen (secondary N) is 1. The molecule has 0 aliphatic heterocycles. The molecular weight excluding hydrogens is 278 g/mol. The van der Waals surface area contributed by atoms with Crippen LogP contribution in [0.1, 0.15) is 5.56 Å². The number of ether oxygens (including phenoxy) is 1. The number of para-hydroxylation sites is 2. The summed E-state index contributed by atoms with van der Waals surface area (Å²) in [6.45, 7) is 1.37. The Morgan fingerprint density at radius 1 is 1.14 bits per heavy atom. The Bertz CT molecular complexity index is 602. The first kappa shape index (κ1) is 15.9. The zero-order chi connectivity index (χ0) is 15.8. The lowest BCUT2D eigenvalue weighted by Crippen LogP contribution is -2.41. The maximum atomic E-state index is 12.5. The Kier molecular flexibility index (Phi) is 5.80. The molecule has 0 aliphatic rings. The predicted molar refractivity (Wildman–Crippen MR) is 88.8 cm³/mol. The van der Waals surface area contributed by atoms with Crippen molar-refractivity contribution in [3.05, 3.63) is 60.2 Å². The van der Waals surface area contributed by atoms with E-state index in [1.165, 1.54) is 0 Å². The average Bonchev–Trinajstić information content (AvgIpc) is 2.54. The van der Waals surface area contributed by atoms with Gasteiger partial charge in [-0.2, -0.15) is 0 Å². The number of nitrogens with two attached hydrogens (primary N) is 1. The summed E-state index contributed by atoms with van der Waals surface area (Å²) in [5.74, 6) is 0. The third-order valence-corrected chi connectivity index (χ3v) is 3.24. The van der Waals surface area contributed by atoms with Gasteiger partial charge in [0, 0.05) is 13.7 Å². The van der Waals surface area contributed by atoms with Gasteiger partial charge in [-0.1, -0.05) is 42.5 Å². The second-order valence-corrected chi connectivity index (χ2v) is 4.86. The number of carbonyl (C=O) groups excluding carboxylic acids is 1. The number of amides is 2. The predicted octanol–water partition coefficient (Wildman–Crippen LogP) is 2.63. The molecule has 0 fully saturated rings. The molecule has 2 amide bonds. The highest BCUT2D eigenvalue weighted by Gasteiger charge is 2.17. The van der Waals surface area contributed by atoms with Crippen molar-refractivity contribution in [1.82, 2.24) is 5.32 Å². The Morgan fingerprint density at radius 2 is 1.82 bits per heavy atom. The van der Waals surface area contributed by atoms with E-state index in [0.29, 0.717) is 31.1 Å². The van der Waals surface area contributed by atoms with Crippen molar-refractivity contribution in [1.29, 1.82) is 0 Å². The first-order valence-corrected chi connectivity index (χ1v) is 7.15. The molecule has 0 bridgehead atoms. The fourth-order valence-electron chi connectivity index (χ4n) is 2.12. The molecule has 0 spiro atoms. The molecule has 116 valence electrons. The first-order valence-electron chi connectivity index (χ1n) is 7.15. The molecule has 0 atom stereocenters. The lowest BCUT2D eigenvalue weighted by Gasteiger charge is -2.24. The second kappa shape index (κ2) is 8.05. The number of hydrogen-bond acceptors (Lipinski definition) is 3. The molecule has 2 aromatic rings. The standard InChI is InChI=1S/C17H21N3O2/c1-22-12-11-19-17(21)20(13-14-7-3-2-4-8-14)16-10-6-5-9-15(16)18/h2-10H,11-13,18H2,1H3,(H,19,21). The van der Waals surface area contributed by atoms with Gasteiger partial charge in [-0.3, -0.25) is 4.90 Å². The van der Waals surface area contributed by atoms with Crippen molar-refractivity contribution in [2.24, 2.45) is 0 Å². The molecule has 5 nitrogen and oxygen atoms in total. The van der Waals surface area contributed by atoms with Gasteiger partial charge in [0.1, 0.15) is 0 Å². The number of benzene rings is 2. The SMILES string of the molecule is COCCNC(=O)N(Cc1ccccc1)c1ccccc1N. The van der Waals surface area contributed by atoms with E-state index < -0.39 is 0 Å². The minimum absolute atomic E-state index is 0.196. The molecule has 0 heterocycles. The zero-order valence-electron chi connectivity index (χ0n) is 12.7. The fourth-order valence-corrected chi connectivity index (χ4v) is 2.12. The van der Waals surface area contributed by atoms with Crippen LogP contribution in [-0.4, -0.2) is 26.3 Å². The lowest BCUT2D eigenvalue weighted by atomic mass is 10.2. The van der Waals surface area contributed by atoms with Crippen molar-refractivity contribution >= 4 is 17.4 Å². The van der Waals surface area contributed by atoms with Crippen LogP contribution in [0.2, 0.25) is 0 Å². The molecule has 2 aromatic carbocycles. The van der Waals surface area contributed by atoms with E-state index in [2.05, 4.69) is 5.32 Å². The van der Waals surface area contributed by atoms with Crippen LogP contribution < -0.4 is 16.0 Å². The quantitative estimate of drug-likeness (QED) is 0.636. The van der Waals surface area contributed by atoms with Gasteiger partial charge in [-0.15, -0.1) is 0 Å². The molecule has 3 N–H and O–H groups in total. The molecule has 5 heteroatoms. The molecule has 0 aromatic heterocycles. The summed E-state index contributed by atoms with van der Waals surface area (Å²) in [5, 5.41) is 2.84. The van der Waals surface area contributed by atoms with Gasteiger partial charge in [-0.25, -0.2) is 4.79 Å². The summed E-state index contributed by atoms with van der Waals surface area (Å²) >= 11 is 0. The minimum atomic E-state index is -0.196. The lowest BCUT2D eigenvalue weighted by molar-refractivity contribution is 0.197. The number of carbonyl (C=O) groups is 1. The Labute approximate surface area is 130 Å². The first-order chi connectivity index (χ1) is 10.7. The van der Waals surface area contributed by atoms with Crippen LogP contribution in [0, 0.1) is 0 Å². The van der Waals surface area contributed by atoms with E-state index in [1.54, 1.807) is 18.1 Å². The van der Waals surface area contributed by atoms with Crippen molar-refractivity contribution in [2.45, 2.75) is 6.54 Å². The topological polar surface area (TPSA) is 67.6 Å². The highest BCUT2D eigenvalue weighted by Crippen LogP contribution is 2.24. The normalized spacial score (nSPS) is 10.2. The van der Waals surface area contributed by atoms with E-state index in [-0.39, 0.29) is 6.03 Å². The number of hydrogen-bond donors (Lipinski definition) is 2. The molecule has 0 radical (unpaired) electrons. The van der Waals surface area contributed by atoms with E-state index in [9.17, 15) is 4.79 Å². The van der Waals surface area contributed by atoms with Crippen molar-refractivity contribution < 1.29 is 9.53 Å². The maximum absolute atomic E-state index is 12.5. The molecular formula is C17H21N3O2. The van der Waals surface area contributed by atoms with Crippen LogP contribution >= 0.6 is 0 Å². The van der Waals surface area contributed by atoms with E-state index in [0.717, 1.165) is 5.56 Å². The summed E-state index contributed by atoms with van der Waals surface area (Å²) in [4.78, 5) is 14.1. The van der Waals surface area contributed by atoms with Gasteiger partial charge in [0.25, 0.3) is 0 Å². The zero-order valence-corrected chi connectivity index (χ0v) is 12.7. The third kappa shape index (κ3) is 4.23. The van der Waals surface area contributed by atoms with Crippen LogP contribution in [-0.2, 0) is 11.3 Å². The smallest absolute Gasteiger partial charge is 0.322 e. The van der Waals surface area contributed by atoms with Crippen LogP contribution in [0.4, 0.5) is 16.2 Å². The monoisotopic (exact) mass is 299 g/mol. The number of urea groups is 1. The fraction of sp³-hybridized carbons (Fsp3) is 0.235. The highest BCUT2D eigenvalue weighted by atomic mass is 16.5. The highest BCUT2D eigenvalue weighted by molar-refractivity contribution is 5.95. The summed E-state index contributed by atoms with van der Waals surface area (Å²) in [6.07, 6.45) is 0. The molecule has 22 heavy (non-hydrogen) atoms. The maximum Gasteiger partial charge on any atom is 0.322 e. The molecule has 0 saturated heterocycles. The Balaban J connectivity index is 2.20. The molecule has 0 saturated carbocycles. The number of methoxy groups -OCH3 is 1. The van der Waals surface area contributed by atoms with Crippen molar-refractivity contribution in [3.63, 3.8) is 0 Å². The van der Waals surface area contributed by atoms with Crippen molar-refractivity contribution in [2.75, 3.05) is 30.9 Å². The molecule has 2 rings (SSSR count). The largest absolute Gasteiger partial charge is 0.397 e. The van der Waals surface area contributed by atoms with Gasteiger partial charge in [-0.05, 0) is 17.7 Å². The average molecular weight is 299 g/mol. The van der Waals surface area contributed by atoms with Gasteiger partial charge < -0.3 is 15.8 Å². The number of rotatable bonds is 6. The van der Waals surface area contributed by atoms with Crippen LogP contribution in [0.3, 0.4) is 0 Å². The Hall–Kier alpha value is -2.53. The summed E-state index contributed by atoms with van der Waals surface area (Å²) in [5.41, 5.74) is 8.32. The van der Waals surface area contributed by atoms with Gasteiger partial charge in [0.2, 0.25) is 0 Å². The number of anilines is 2. The third-order valence-electron chi connectivity index (χ3n) is 3.24. The summed E-state index contributed by atoms with van der Waals surface area (Å²) < 4.78 is 4.96. The van der Waals surface area contributed by atoms with Crippen LogP contribution in [0.25, 0.3) is 0 Å². The van der Waals surface area contributed by atoms with E-state index in [1.807, 2.05) is 48.5 Å². The minimum Gasteiger partial charge on any atom is -0.397 e. The summed E-state index contributed by atoms with van der Waals surface area (Å²) in [7, 11) is 1.60. The van der Waals surface area contributed by atoms with Crippen LogP contribution in [0.5, 0.6) is 0 Å². The van der Waals surface area contributed by atoms with Crippen molar-refractivity contribution in [3.8, 4) is 0 Å². The van der Waals surface area contributed by atoms with Gasteiger partial charge in [0.15, 0.2) is 0 Å². The van der Waals surface area contributed by atoms with E-state index in [4.69, 9.17) is 10.5 Å². The number of nitrogens with zero attached hydrogens (tertiary/aromatic N) is 1. The van der Waals surface area contributed by atoms with Gasteiger partial charge in [0.05, 0.1) is 24.5 Å². The van der Waals surface area contributed by atoms with Crippen LogP contribution in [0.15, 0.2) is 54.6 Å². The molecule has 0 unspecified atom stereocenters. The second-order valence-electron chi connectivity index (χ2n) is 4.86. The van der Waals surface area contributed by atoms with Gasteiger partial charge >= 0.3 is 6.03 Å². The summed E-state index contributed by atoms with van der Waals surface area (Å²) in [6, 6.07) is 17.0.